The first-order valence-corrected chi connectivity index (χ1v) is 7.28. The molecule has 1 aromatic rings. The fourth-order valence-electron chi connectivity index (χ4n) is 1.89. The molecule has 116 valence electrons. The summed E-state index contributed by atoms with van der Waals surface area (Å²) in [5, 5.41) is 10.8. The fraction of sp³-hybridized carbons (Fsp3) is 0.533. The first-order valence-electron chi connectivity index (χ1n) is 7.28. The highest BCUT2D eigenvalue weighted by atomic mass is 16.5. The molecule has 1 aromatic heterocycles. The topological polar surface area (TPSA) is 88.8 Å². The number of hydrogen-bond donors (Lipinski definition) is 1. The number of aromatic nitrogens is 2. The van der Waals surface area contributed by atoms with E-state index < -0.39 is 5.66 Å². The molecular weight excluding hydrogens is 282 g/mol. The van der Waals surface area contributed by atoms with Crippen LogP contribution in [0.1, 0.15) is 32.1 Å². The maximum Gasteiger partial charge on any atom is 0.316 e. The van der Waals surface area contributed by atoms with Gasteiger partial charge in [0.1, 0.15) is 0 Å². The second kappa shape index (κ2) is 8.08. The maximum absolute atomic E-state index is 11.7. The molecule has 0 radical (unpaired) electrons. The largest absolute Gasteiger partial charge is 0.463 e. The van der Waals surface area contributed by atoms with Crippen LogP contribution in [0.5, 0.6) is 6.01 Å². The van der Waals surface area contributed by atoms with Gasteiger partial charge in [-0.2, -0.15) is 10.2 Å². The summed E-state index contributed by atoms with van der Waals surface area (Å²) in [7, 11) is 0. The zero-order chi connectivity index (χ0) is 15.7. The van der Waals surface area contributed by atoms with E-state index in [0.717, 1.165) is 6.42 Å². The molecule has 0 aromatic carbocycles. The molecule has 2 rings (SSSR count). The zero-order valence-corrected chi connectivity index (χ0v) is 12.4. The van der Waals surface area contributed by atoms with Crippen LogP contribution < -0.4 is 10.1 Å². The molecule has 0 atom stereocenters. The first-order chi connectivity index (χ1) is 10.7. The van der Waals surface area contributed by atoms with E-state index in [1.165, 1.54) is 0 Å². The summed E-state index contributed by atoms with van der Waals surface area (Å²) in [4.78, 5) is 19.6. The van der Waals surface area contributed by atoms with Gasteiger partial charge in [-0.3, -0.25) is 4.79 Å². The van der Waals surface area contributed by atoms with Crippen LogP contribution in [0.3, 0.4) is 0 Å². The molecule has 22 heavy (non-hydrogen) atoms. The van der Waals surface area contributed by atoms with Gasteiger partial charge >= 0.3 is 6.01 Å². The summed E-state index contributed by atoms with van der Waals surface area (Å²) in [5.41, 5.74) is -0.391. The van der Waals surface area contributed by atoms with Crippen LogP contribution in [0.15, 0.2) is 28.7 Å². The molecule has 2 heterocycles. The fourth-order valence-corrected chi connectivity index (χ4v) is 1.89. The van der Waals surface area contributed by atoms with Gasteiger partial charge in [-0.05, 0) is 12.5 Å². The van der Waals surface area contributed by atoms with Gasteiger partial charge in [-0.1, -0.05) is 0 Å². The maximum atomic E-state index is 11.7. The van der Waals surface area contributed by atoms with E-state index in [0.29, 0.717) is 44.8 Å². The van der Waals surface area contributed by atoms with Gasteiger partial charge in [0, 0.05) is 44.6 Å². The second-order valence-electron chi connectivity index (χ2n) is 4.97. The molecule has 0 aliphatic carbocycles. The number of nitrogens with one attached hydrogen (secondary N) is 1. The van der Waals surface area contributed by atoms with Gasteiger partial charge in [0.2, 0.25) is 5.91 Å². The van der Waals surface area contributed by atoms with Crippen molar-refractivity contribution in [2.24, 2.45) is 10.2 Å². The minimum absolute atomic E-state index is 0.00616. The van der Waals surface area contributed by atoms with Gasteiger partial charge in [0.15, 0.2) is 5.66 Å². The molecule has 0 saturated heterocycles. The molecule has 0 bridgehead atoms. The third-order valence-corrected chi connectivity index (χ3v) is 3.22. The van der Waals surface area contributed by atoms with E-state index in [4.69, 9.17) is 11.2 Å². The highest BCUT2D eigenvalue weighted by Crippen LogP contribution is 2.37. The van der Waals surface area contributed by atoms with E-state index >= 15 is 0 Å². The molecule has 1 aliphatic heterocycles. The Morgan fingerprint density at radius 3 is 2.77 bits per heavy atom. The van der Waals surface area contributed by atoms with Crippen LogP contribution in [0.25, 0.3) is 0 Å². The molecule has 1 N–H and O–H groups in total. The van der Waals surface area contributed by atoms with Crippen molar-refractivity contribution in [1.82, 2.24) is 15.3 Å². The average Bonchev–Trinajstić information content (AvgIpc) is 3.32. The Labute approximate surface area is 129 Å². The molecule has 7 nitrogen and oxygen atoms in total. The Hall–Kier alpha value is -2.49. The first kappa shape index (κ1) is 15.9. The van der Waals surface area contributed by atoms with Crippen molar-refractivity contribution in [2.45, 2.75) is 37.8 Å². The standard InChI is InChI=1S/C15H19N5O2/c1-2-3-7-15(19-20-15)8-6-13(21)16-11-5-12-22-14-17-9-4-10-18-14/h1,4,9-10H,3,5-8,11-12H2,(H,16,21). The quantitative estimate of drug-likeness (QED) is 0.526. The van der Waals surface area contributed by atoms with E-state index in [2.05, 4.69) is 31.4 Å². The number of rotatable bonds is 10. The van der Waals surface area contributed by atoms with Crippen molar-refractivity contribution in [2.75, 3.05) is 13.2 Å². The Morgan fingerprint density at radius 1 is 1.32 bits per heavy atom. The Bertz CT molecular complexity index is 547. The van der Waals surface area contributed by atoms with Crippen LogP contribution in [0.2, 0.25) is 0 Å². The third kappa shape index (κ3) is 5.48. The smallest absolute Gasteiger partial charge is 0.316 e. The summed E-state index contributed by atoms with van der Waals surface area (Å²) >= 11 is 0. The Morgan fingerprint density at radius 2 is 2.09 bits per heavy atom. The number of carbonyl (C=O) groups is 1. The molecule has 1 aliphatic rings. The van der Waals surface area contributed by atoms with Gasteiger partial charge in [-0.25, -0.2) is 9.97 Å². The van der Waals surface area contributed by atoms with Crippen molar-refractivity contribution in [3.63, 3.8) is 0 Å². The highest BCUT2D eigenvalue weighted by Gasteiger charge is 2.39. The molecule has 7 heteroatoms. The second-order valence-corrected chi connectivity index (χ2v) is 4.97. The lowest BCUT2D eigenvalue weighted by Crippen LogP contribution is -2.27. The minimum Gasteiger partial charge on any atom is -0.463 e. The summed E-state index contributed by atoms with van der Waals surface area (Å²) < 4.78 is 5.33. The van der Waals surface area contributed by atoms with E-state index in [1.807, 2.05) is 0 Å². The number of nitrogens with zero attached hydrogens (tertiary/aromatic N) is 4. The number of ether oxygens (including phenoxy) is 1. The van der Waals surface area contributed by atoms with Crippen LogP contribution in [-0.4, -0.2) is 34.7 Å². The SMILES string of the molecule is C#CCCC1(CCC(=O)NCCCOc2ncccn2)N=N1. The van der Waals surface area contributed by atoms with Gasteiger partial charge in [-0.15, -0.1) is 12.3 Å². The van der Waals surface area contributed by atoms with Crippen LogP contribution in [0.4, 0.5) is 0 Å². The lowest BCUT2D eigenvalue weighted by atomic mass is 10.0. The normalized spacial score (nSPS) is 14.1. The van der Waals surface area contributed by atoms with Crippen molar-refractivity contribution >= 4 is 5.91 Å². The summed E-state index contributed by atoms with van der Waals surface area (Å²) in [5.74, 6) is 2.56. The molecule has 0 fully saturated rings. The van der Waals surface area contributed by atoms with Crippen molar-refractivity contribution in [3.8, 4) is 18.4 Å². The van der Waals surface area contributed by atoms with Crippen molar-refractivity contribution in [1.29, 1.82) is 0 Å². The number of amides is 1. The third-order valence-electron chi connectivity index (χ3n) is 3.22. The molecular formula is C15H19N5O2. The van der Waals surface area contributed by atoms with E-state index in [9.17, 15) is 4.79 Å². The molecule has 0 spiro atoms. The summed E-state index contributed by atoms with van der Waals surface area (Å²) in [6, 6.07) is 2.07. The van der Waals surface area contributed by atoms with E-state index in [1.54, 1.807) is 18.5 Å². The summed E-state index contributed by atoms with van der Waals surface area (Å²) in [6.07, 6.45) is 11.5. The average molecular weight is 301 g/mol. The van der Waals surface area contributed by atoms with Gasteiger partial charge in [0.25, 0.3) is 0 Å². The highest BCUT2D eigenvalue weighted by molar-refractivity contribution is 5.75. The monoisotopic (exact) mass is 301 g/mol. The van der Waals surface area contributed by atoms with Gasteiger partial charge in [0.05, 0.1) is 6.61 Å². The number of carbonyl (C=O) groups excluding carboxylic acids is 1. The molecule has 1 amide bonds. The Kier molecular flexibility index (Phi) is 5.83. The van der Waals surface area contributed by atoms with Crippen LogP contribution in [0, 0.1) is 12.3 Å². The van der Waals surface area contributed by atoms with Gasteiger partial charge < -0.3 is 10.1 Å². The zero-order valence-electron chi connectivity index (χ0n) is 12.4. The minimum atomic E-state index is -0.391. The predicted octanol–water partition coefficient (Wildman–Crippen LogP) is 1.72. The Balaban J connectivity index is 1.50. The van der Waals surface area contributed by atoms with Crippen LogP contribution in [-0.2, 0) is 4.79 Å². The van der Waals surface area contributed by atoms with E-state index in [-0.39, 0.29) is 5.91 Å². The van der Waals surface area contributed by atoms with Crippen LogP contribution >= 0.6 is 0 Å². The van der Waals surface area contributed by atoms with Crippen molar-refractivity contribution in [3.05, 3.63) is 18.5 Å². The molecule has 0 saturated carbocycles. The molecule has 0 unspecified atom stereocenters. The number of hydrogen-bond acceptors (Lipinski definition) is 6. The lowest BCUT2D eigenvalue weighted by Gasteiger charge is -2.09. The number of terminal acetylenes is 1. The van der Waals surface area contributed by atoms with Crippen molar-refractivity contribution < 1.29 is 9.53 Å². The summed E-state index contributed by atoms with van der Waals surface area (Å²) in [6.45, 7) is 1.01. The lowest BCUT2D eigenvalue weighted by molar-refractivity contribution is -0.121. The predicted molar refractivity (Wildman–Crippen MR) is 80.0 cm³/mol.